The van der Waals surface area contributed by atoms with Crippen LogP contribution in [0.15, 0.2) is 35.7 Å². The third kappa shape index (κ3) is 3.84. The molecule has 4 aromatic rings. The lowest BCUT2D eigenvalue weighted by Gasteiger charge is -2.21. The Hall–Kier alpha value is -2.42. The first-order valence-corrected chi connectivity index (χ1v) is 12.3. The maximum absolute atomic E-state index is 13.3. The molecule has 0 saturated carbocycles. The van der Waals surface area contributed by atoms with Gasteiger partial charge in [-0.2, -0.15) is 5.10 Å². The Morgan fingerprint density at radius 3 is 2.74 bits per heavy atom. The van der Waals surface area contributed by atoms with E-state index in [0.717, 1.165) is 63.4 Å². The summed E-state index contributed by atoms with van der Waals surface area (Å²) in [7, 11) is 0. The van der Waals surface area contributed by atoms with Gasteiger partial charge in [0.15, 0.2) is 5.13 Å². The minimum atomic E-state index is 0.0866. The van der Waals surface area contributed by atoms with E-state index >= 15 is 0 Å². The SMILES string of the molecule is Cc1csc(N2CCCN(C(=O)c3cc4c(C)nn(-c5ccccc5Cl)c4s3)CC2)n1. The summed E-state index contributed by atoms with van der Waals surface area (Å²) in [5.74, 6) is 0.0866. The fourth-order valence-electron chi connectivity index (χ4n) is 3.89. The van der Waals surface area contributed by atoms with Crippen LogP contribution in [-0.4, -0.2) is 51.8 Å². The highest BCUT2D eigenvalue weighted by atomic mass is 35.5. The van der Waals surface area contributed by atoms with Crippen LogP contribution in [0.1, 0.15) is 27.5 Å². The molecule has 5 rings (SSSR count). The zero-order valence-corrected chi connectivity index (χ0v) is 19.7. The van der Waals surface area contributed by atoms with Crippen molar-refractivity contribution in [2.24, 2.45) is 0 Å². The van der Waals surface area contributed by atoms with Crippen LogP contribution in [0.2, 0.25) is 5.02 Å². The molecule has 160 valence electrons. The maximum Gasteiger partial charge on any atom is 0.264 e. The van der Waals surface area contributed by atoms with Gasteiger partial charge in [0.1, 0.15) is 4.83 Å². The van der Waals surface area contributed by atoms with Gasteiger partial charge in [-0.15, -0.1) is 22.7 Å². The number of thiophene rings is 1. The maximum atomic E-state index is 13.3. The number of rotatable bonds is 3. The predicted octanol–water partition coefficient (Wildman–Crippen LogP) is 5.17. The number of halogens is 1. The number of carbonyl (C=O) groups excluding carboxylic acids is 1. The number of aryl methyl sites for hydroxylation is 2. The quantitative estimate of drug-likeness (QED) is 0.414. The Kier molecular flexibility index (Phi) is 5.45. The van der Waals surface area contributed by atoms with Crippen molar-refractivity contribution in [3.05, 3.63) is 57.0 Å². The highest BCUT2D eigenvalue weighted by Crippen LogP contribution is 2.33. The van der Waals surface area contributed by atoms with Crippen LogP contribution in [-0.2, 0) is 0 Å². The summed E-state index contributed by atoms with van der Waals surface area (Å²) < 4.78 is 1.85. The highest BCUT2D eigenvalue weighted by Gasteiger charge is 2.25. The number of hydrogen-bond donors (Lipinski definition) is 0. The van der Waals surface area contributed by atoms with Gasteiger partial charge in [-0.3, -0.25) is 4.79 Å². The lowest BCUT2D eigenvalue weighted by Crippen LogP contribution is -2.34. The molecule has 0 bridgehead atoms. The topological polar surface area (TPSA) is 54.3 Å². The first-order valence-electron chi connectivity index (χ1n) is 10.2. The number of benzene rings is 1. The Labute approximate surface area is 193 Å². The van der Waals surface area contributed by atoms with Crippen LogP contribution in [0.4, 0.5) is 5.13 Å². The van der Waals surface area contributed by atoms with Crippen LogP contribution in [0.5, 0.6) is 0 Å². The number of aromatic nitrogens is 3. The molecule has 0 spiro atoms. The lowest BCUT2D eigenvalue weighted by atomic mass is 10.3. The Balaban J connectivity index is 1.40. The van der Waals surface area contributed by atoms with Crippen LogP contribution in [0, 0.1) is 13.8 Å². The molecule has 1 aromatic carbocycles. The number of thiazole rings is 1. The molecular weight excluding hydrogens is 450 g/mol. The number of amides is 1. The lowest BCUT2D eigenvalue weighted by molar-refractivity contribution is 0.0772. The van der Waals surface area contributed by atoms with E-state index in [1.807, 2.05) is 53.8 Å². The molecule has 3 aromatic heterocycles. The molecule has 1 aliphatic rings. The van der Waals surface area contributed by atoms with Crippen molar-refractivity contribution >= 4 is 55.5 Å². The average Bonchev–Trinajstić information content (AvgIpc) is 3.40. The van der Waals surface area contributed by atoms with E-state index in [9.17, 15) is 4.79 Å². The number of para-hydroxylation sites is 1. The van der Waals surface area contributed by atoms with E-state index < -0.39 is 0 Å². The van der Waals surface area contributed by atoms with Crippen molar-refractivity contribution < 1.29 is 4.79 Å². The van der Waals surface area contributed by atoms with Gasteiger partial charge in [0.05, 0.1) is 27.0 Å². The fourth-order valence-corrected chi connectivity index (χ4v) is 6.11. The van der Waals surface area contributed by atoms with E-state index in [0.29, 0.717) is 11.6 Å². The van der Waals surface area contributed by atoms with E-state index in [1.54, 1.807) is 11.3 Å². The molecule has 0 aliphatic carbocycles. The van der Waals surface area contributed by atoms with Gasteiger partial charge in [-0.05, 0) is 38.5 Å². The van der Waals surface area contributed by atoms with E-state index in [1.165, 1.54) is 11.3 Å². The molecule has 0 atom stereocenters. The number of fused-ring (bicyclic) bond motifs is 1. The monoisotopic (exact) mass is 471 g/mol. The molecule has 1 aliphatic heterocycles. The number of nitrogens with zero attached hydrogens (tertiary/aromatic N) is 5. The molecule has 31 heavy (non-hydrogen) atoms. The second-order valence-electron chi connectivity index (χ2n) is 7.68. The number of hydrogen-bond acceptors (Lipinski definition) is 6. The first-order chi connectivity index (χ1) is 15.0. The van der Waals surface area contributed by atoms with Gasteiger partial charge in [0.2, 0.25) is 0 Å². The minimum absolute atomic E-state index is 0.0866. The van der Waals surface area contributed by atoms with Gasteiger partial charge in [-0.1, -0.05) is 23.7 Å². The van der Waals surface area contributed by atoms with E-state index in [2.05, 4.69) is 20.4 Å². The Bertz CT molecular complexity index is 1260. The van der Waals surface area contributed by atoms with Crippen molar-refractivity contribution in [3.63, 3.8) is 0 Å². The van der Waals surface area contributed by atoms with Gasteiger partial charge in [0.25, 0.3) is 5.91 Å². The van der Waals surface area contributed by atoms with Crippen molar-refractivity contribution in [1.29, 1.82) is 0 Å². The molecule has 6 nitrogen and oxygen atoms in total. The van der Waals surface area contributed by atoms with Crippen LogP contribution in [0.3, 0.4) is 0 Å². The van der Waals surface area contributed by atoms with Crippen molar-refractivity contribution in [2.75, 3.05) is 31.1 Å². The second kappa shape index (κ2) is 8.26. The molecule has 9 heteroatoms. The van der Waals surface area contributed by atoms with Gasteiger partial charge >= 0.3 is 0 Å². The molecular formula is C22H22ClN5OS2. The van der Waals surface area contributed by atoms with E-state index in [4.69, 9.17) is 11.6 Å². The summed E-state index contributed by atoms with van der Waals surface area (Å²) in [6.45, 7) is 7.15. The largest absolute Gasteiger partial charge is 0.346 e. The van der Waals surface area contributed by atoms with Gasteiger partial charge in [0, 0.05) is 36.9 Å². The van der Waals surface area contributed by atoms with Crippen molar-refractivity contribution in [2.45, 2.75) is 20.3 Å². The number of carbonyl (C=O) groups is 1. The van der Waals surface area contributed by atoms with E-state index in [-0.39, 0.29) is 5.91 Å². The first kappa shape index (κ1) is 20.5. The molecule has 0 radical (unpaired) electrons. The molecule has 4 heterocycles. The Morgan fingerprint density at radius 2 is 1.97 bits per heavy atom. The zero-order chi connectivity index (χ0) is 21.5. The predicted molar refractivity (Wildman–Crippen MR) is 128 cm³/mol. The summed E-state index contributed by atoms with van der Waals surface area (Å²) in [5.41, 5.74) is 2.77. The summed E-state index contributed by atoms with van der Waals surface area (Å²) in [6, 6.07) is 9.62. The fraction of sp³-hybridized carbons (Fsp3) is 0.318. The van der Waals surface area contributed by atoms with Crippen molar-refractivity contribution in [3.8, 4) is 5.69 Å². The normalized spacial score (nSPS) is 14.9. The average molecular weight is 472 g/mol. The number of anilines is 1. The van der Waals surface area contributed by atoms with Crippen LogP contribution >= 0.6 is 34.3 Å². The van der Waals surface area contributed by atoms with Gasteiger partial charge < -0.3 is 9.80 Å². The Morgan fingerprint density at radius 1 is 1.13 bits per heavy atom. The minimum Gasteiger partial charge on any atom is -0.346 e. The smallest absolute Gasteiger partial charge is 0.264 e. The standard InChI is InChI=1S/C22H22ClN5OS2/c1-14-13-30-22(24-14)27-9-5-8-26(10-11-27)20(29)19-12-16-15(2)25-28(21(16)31-19)18-7-4-3-6-17(18)23/h3-4,6-7,12-13H,5,8-11H2,1-2H3. The highest BCUT2D eigenvalue weighted by molar-refractivity contribution is 7.20. The molecule has 1 saturated heterocycles. The molecule has 0 N–H and O–H groups in total. The van der Waals surface area contributed by atoms with Crippen LogP contribution < -0.4 is 4.90 Å². The van der Waals surface area contributed by atoms with Crippen molar-refractivity contribution in [1.82, 2.24) is 19.7 Å². The zero-order valence-electron chi connectivity index (χ0n) is 17.3. The molecule has 1 amide bonds. The van der Waals surface area contributed by atoms with Gasteiger partial charge in [-0.25, -0.2) is 9.67 Å². The summed E-state index contributed by atoms with van der Waals surface area (Å²) in [6.07, 6.45) is 0.932. The van der Waals surface area contributed by atoms with Crippen LogP contribution in [0.25, 0.3) is 15.9 Å². The second-order valence-corrected chi connectivity index (χ2v) is 9.96. The molecule has 1 fully saturated rings. The third-order valence-corrected chi connectivity index (χ3v) is 7.93. The summed E-state index contributed by atoms with van der Waals surface area (Å²) >= 11 is 9.56. The summed E-state index contributed by atoms with van der Waals surface area (Å²) in [5, 5.41) is 9.42. The third-order valence-electron chi connectivity index (χ3n) is 5.50. The molecule has 0 unspecified atom stereocenters. The summed E-state index contributed by atoms with van der Waals surface area (Å²) in [4.78, 5) is 23.9.